The molecule has 1 amide bonds. The van der Waals surface area contributed by atoms with Crippen LogP contribution in [0.5, 0.6) is 0 Å². The van der Waals surface area contributed by atoms with Crippen LogP contribution in [-0.2, 0) is 11.2 Å². The highest BCUT2D eigenvalue weighted by Gasteiger charge is 2.60. The minimum Gasteiger partial charge on any atom is -0.363 e. The van der Waals surface area contributed by atoms with Gasteiger partial charge in [0.15, 0.2) is 0 Å². The van der Waals surface area contributed by atoms with Gasteiger partial charge in [-0.3, -0.25) is 4.79 Å². The quantitative estimate of drug-likeness (QED) is 0.632. The van der Waals surface area contributed by atoms with E-state index < -0.39 is 5.41 Å². The van der Waals surface area contributed by atoms with Crippen molar-refractivity contribution < 1.29 is 4.79 Å². The molecule has 7 heteroatoms. The second kappa shape index (κ2) is 7.15. The zero-order valence-electron chi connectivity index (χ0n) is 17.9. The molecular formula is C25H24N6O. The number of hydrazone groups is 1. The van der Waals surface area contributed by atoms with Crippen molar-refractivity contribution in [2.24, 2.45) is 10.5 Å². The van der Waals surface area contributed by atoms with Gasteiger partial charge in [0.05, 0.1) is 17.4 Å². The van der Waals surface area contributed by atoms with Crippen LogP contribution in [-0.4, -0.2) is 47.3 Å². The number of fused-ring (bicyclic) bond motifs is 4. The number of para-hydroxylation sites is 2. The van der Waals surface area contributed by atoms with Gasteiger partial charge in [-0.25, -0.2) is 9.97 Å². The molecular weight excluding hydrogens is 400 g/mol. The Hall–Kier alpha value is -3.74. The third-order valence-electron chi connectivity index (χ3n) is 7.02. The lowest BCUT2D eigenvalue weighted by Gasteiger charge is -2.53. The lowest BCUT2D eigenvalue weighted by molar-refractivity contribution is -0.125. The Morgan fingerprint density at radius 2 is 1.69 bits per heavy atom. The molecule has 3 aliphatic heterocycles. The smallest absolute Gasteiger partial charge is 0.261 e. The summed E-state index contributed by atoms with van der Waals surface area (Å²) in [7, 11) is 0. The molecule has 4 heterocycles. The van der Waals surface area contributed by atoms with Crippen LogP contribution in [0, 0.1) is 5.41 Å². The van der Waals surface area contributed by atoms with E-state index in [2.05, 4.69) is 44.0 Å². The Morgan fingerprint density at radius 1 is 0.938 bits per heavy atom. The van der Waals surface area contributed by atoms with Gasteiger partial charge in [0.2, 0.25) is 5.95 Å². The molecule has 2 atom stereocenters. The van der Waals surface area contributed by atoms with E-state index in [-0.39, 0.29) is 11.9 Å². The maximum absolute atomic E-state index is 14.1. The van der Waals surface area contributed by atoms with Gasteiger partial charge in [-0.15, -0.1) is 0 Å². The molecule has 160 valence electrons. The average Bonchev–Trinajstić information content (AvgIpc) is 3.10. The van der Waals surface area contributed by atoms with E-state index in [0.717, 1.165) is 24.5 Å². The minimum atomic E-state index is -0.725. The lowest BCUT2D eigenvalue weighted by Crippen LogP contribution is -2.67. The molecule has 0 saturated carbocycles. The summed E-state index contributed by atoms with van der Waals surface area (Å²) in [6.45, 7) is 4.27. The highest BCUT2D eigenvalue weighted by atomic mass is 16.2. The highest BCUT2D eigenvalue weighted by molar-refractivity contribution is 6.20. The van der Waals surface area contributed by atoms with Crippen LogP contribution in [0.1, 0.15) is 12.5 Å². The first-order valence-corrected chi connectivity index (χ1v) is 11.0. The molecule has 0 aliphatic carbocycles. The topological polar surface area (TPSA) is 64.9 Å². The number of carbonyl (C=O) groups excluding carboxylic acids is 1. The van der Waals surface area contributed by atoms with E-state index in [0.29, 0.717) is 18.9 Å². The fourth-order valence-electron chi connectivity index (χ4n) is 5.45. The van der Waals surface area contributed by atoms with Crippen molar-refractivity contribution >= 4 is 28.9 Å². The molecule has 3 aromatic rings. The largest absolute Gasteiger partial charge is 0.363 e. The van der Waals surface area contributed by atoms with Crippen molar-refractivity contribution in [1.29, 1.82) is 0 Å². The Kier molecular flexibility index (Phi) is 4.24. The number of amides is 1. The molecule has 1 aromatic heterocycles. The van der Waals surface area contributed by atoms with Crippen LogP contribution in [0.3, 0.4) is 0 Å². The Bertz CT molecular complexity index is 1200. The molecule has 6 rings (SSSR count). The highest BCUT2D eigenvalue weighted by Crippen LogP contribution is 2.48. The predicted molar refractivity (Wildman–Crippen MR) is 125 cm³/mol. The van der Waals surface area contributed by atoms with Crippen LogP contribution in [0.2, 0.25) is 0 Å². The number of piperazine rings is 1. The fourth-order valence-corrected chi connectivity index (χ4v) is 5.45. The molecule has 1 spiro atoms. The number of benzene rings is 2. The van der Waals surface area contributed by atoms with Gasteiger partial charge in [0.25, 0.3) is 5.91 Å². The molecule has 7 nitrogen and oxygen atoms in total. The first-order chi connectivity index (χ1) is 15.7. The van der Waals surface area contributed by atoms with E-state index in [1.165, 1.54) is 11.3 Å². The molecule has 2 aromatic carbocycles. The van der Waals surface area contributed by atoms with Crippen molar-refractivity contribution in [2.45, 2.75) is 19.4 Å². The Morgan fingerprint density at radius 3 is 2.50 bits per heavy atom. The van der Waals surface area contributed by atoms with E-state index >= 15 is 0 Å². The van der Waals surface area contributed by atoms with Gasteiger partial charge < -0.3 is 9.80 Å². The van der Waals surface area contributed by atoms with E-state index in [1.807, 2.05) is 43.3 Å². The Balaban J connectivity index is 1.46. The van der Waals surface area contributed by atoms with Gasteiger partial charge in [-0.1, -0.05) is 36.4 Å². The maximum Gasteiger partial charge on any atom is 0.261 e. The summed E-state index contributed by atoms with van der Waals surface area (Å²) < 4.78 is 0. The van der Waals surface area contributed by atoms with Crippen LogP contribution < -0.4 is 14.8 Å². The summed E-state index contributed by atoms with van der Waals surface area (Å²) in [5, 5.41) is 6.40. The third-order valence-corrected chi connectivity index (χ3v) is 7.02. The van der Waals surface area contributed by atoms with E-state index in [4.69, 9.17) is 5.10 Å². The summed E-state index contributed by atoms with van der Waals surface area (Å²) in [5.41, 5.74) is 3.36. The molecule has 1 fully saturated rings. The SMILES string of the molecule is CC1=NN(c2ccccc2)C(=O)[C@@]12Cc1ccccc1N1CCN(c3ncccn3)C[C@H]12. The molecule has 0 radical (unpaired) electrons. The summed E-state index contributed by atoms with van der Waals surface area (Å²) in [6.07, 6.45) is 4.18. The average molecular weight is 425 g/mol. The first kappa shape index (κ1) is 19.0. The number of hydrogen-bond acceptors (Lipinski definition) is 6. The van der Waals surface area contributed by atoms with Crippen molar-refractivity contribution in [3.63, 3.8) is 0 Å². The first-order valence-electron chi connectivity index (χ1n) is 11.0. The van der Waals surface area contributed by atoms with Crippen LogP contribution in [0.25, 0.3) is 0 Å². The summed E-state index contributed by atoms with van der Waals surface area (Å²) in [6, 6.07) is 19.9. The van der Waals surface area contributed by atoms with Crippen molar-refractivity contribution in [1.82, 2.24) is 9.97 Å². The Labute approximate surface area is 187 Å². The standard InChI is InChI=1S/C25H24N6O/c1-18-25(23(32)31(28-18)20-9-3-2-4-10-20)16-19-8-5-6-11-21(19)30-15-14-29(17-22(25)30)24-26-12-7-13-27-24/h2-13,22H,14-17H2,1H3/t22-,25-/m0/s1. The zero-order chi connectivity index (χ0) is 21.7. The van der Waals surface area contributed by atoms with E-state index in [9.17, 15) is 4.79 Å². The fraction of sp³-hybridized carbons (Fsp3) is 0.280. The second-order valence-corrected chi connectivity index (χ2v) is 8.62. The predicted octanol–water partition coefficient (Wildman–Crippen LogP) is 3.14. The van der Waals surface area contributed by atoms with Crippen molar-refractivity contribution in [2.75, 3.05) is 34.4 Å². The lowest BCUT2D eigenvalue weighted by atomic mass is 9.67. The second-order valence-electron chi connectivity index (χ2n) is 8.62. The number of carbonyl (C=O) groups is 1. The van der Waals surface area contributed by atoms with Gasteiger partial charge in [-0.05, 0) is 43.2 Å². The summed E-state index contributed by atoms with van der Waals surface area (Å²) in [5.74, 6) is 0.752. The molecule has 0 unspecified atom stereocenters. The molecule has 1 saturated heterocycles. The molecule has 3 aliphatic rings. The van der Waals surface area contributed by atoms with E-state index in [1.54, 1.807) is 17.4 Å². The van der Waals surface area contributed by atoms with Gasteiger partial charge in [0.1, 0.15) is 5.41 Å². The monoisotopic (exact) mass is 424 g/mol. The number of rotatable bonds is 2. The molecule has 0 bridgehead atoms. The van der Waals surface area contributed by atoms with Crippen LogP contribution in [0.4, 0.5) is 17.3 Å². The summed E-state index contributed by atoms with van der Waals surface area (Å²) >= 11 is 0. The number of anilines is 3. The maximum atomic E-state index is 14.1. The van der Waals surface area contributed by atoms with Gasteiger partial charge in [0, 0.05) is 37.7 Å². The molecule has 32 heavy (non-hydrogen) atoms. The normalized spacial score (nSPS) is 24.4. The number of aromatic nitrogens is 2. The third kappa shape index (κ3) is 2.67. The van der Waals surface area contributed by atoms with Crippen molar-refractivity contribution in [3.05, 3.63) is 78.6 Å². The minimum absolute atomic E-state index is 0.0431. The van der Waals surface area contributed by atoms with Gasteiger partial charge >= 0.3 is 0 Å². The van der Waals surface area contributed by atoms with Gasteiger partial charge in [-0.2, -0.15) is 10.1 Å². The molecule has 0 N–H and O–H groups in total. The van der Waals surface area contributed by atoms with Crippen LogP contribution >= 0.6 is 0 Å². The zero-order valence-corrected chi connectivity index (χ0v) is 17.9. The van der Waals surface area contributed by atoms with Crippen LogP contribution in [0.15, 0.2) is 78.2 Å². The summed E-state index contributed by atoms with van der Waals surface area (Å²) in [4.78, 5) is 27.7. The van der Waals surface area contributed by atoms with Crippen molar-refractivity contribution in [3.8, 4) is 0 Å². The number of hydrogen-bond donors (Lipinski definition) is 0. The number of nitrogens with zero attached hydrogens (tertiary/aromatic N) is 6.